The normalized spacial score (nSPS) is 14.9. The summed E-state index contributed by atoms with van der Waals surface area (Å²) in [6.07, 6.45) is 8.69. The second-order valence-electron chi connectivity index (χ2n) is 7.28. The third kappa shape index (κ3) is 3.59. The van der Waals surface area contributed by atoms with Crippen molar-refractivity contribution >= 4 is 11.5 Å². The number of aromatic nitrogens is 3. The van der Waals surface area contributed by atoms with Crippen LogP contribution in [0.2, 0.25) is 0 Å². The molecule has 0 aromatic carbocycles. The first-order valence-corrected chi connectivity index (χ1v) is 9.79. The van der Waals surface area contributed by atoms with Gasteiger partial charge in [-0.25, -0.2) is 14.3 Å². The quantitative estimate of drug-likeness (QED) is 0.623. The monoisotopic (exact) mass is 379 g/mol. The molecule has 6 heteroatoms. The zero-order valence-corrected chi connectivity index (χ0v) is 16.4. The topological polar surface area (TPSA) is 65.7 Å². The maximum absolute atomic E-state index is 11.9. The Morgan fingerprint density at radius 3 is 2.71 bits per heavy atom. The summed E-state index contributed by atoms with van der Waals surface area (Å²) in [6.45, 7) is 0. The molecule has 3 heterocycles. The average molecular weight is 379 g/mol. The zero-order chi connectivity index (χ0) is 19.5. The minimum Gasteiger partial charge on any atom is -0.495 e. The summed E-state index contributed by atoms with van der Waals surface area (Å²) in [7, 11) is 3.03. The number of pyridine rings is 2. The number of nitrogens with zero attached hydrogens (tertiary/aromatic N) is 3. The molecule has 1 aliphatic rings. The Bertz CT molecular complexity index is 990. The average Bonchev–Trinajstić information content (AvgIpc) is 3.11. The van der Waals surface area contributed by atoms with Crippen LogP contribution in [0.15, 0.2) is 36.5 Å². The zero-order valence-electron chi connectivity index (χ0n) is 16.4. The van der Waals surface area contributed by atoms with E-state index in [0.717, 1.165) is 22.7 Å². The molecule has 28 heavy (non-hydrogen) atoms. The molecule has 0 atom stereocenters. The highest BCUT2D eigenvalue weighted by atomic mass is 16.5. The number of rotatable bonds is 5. The first-order chi connectivity index (χ1) is 13.7. The summed E-state index contributed by atoms with van der Waals surface area (Å²) >= 11 is 0. The van der Waals surface area contributed by atoms with Gasteiger partial charge < -0.3 is 9.47 Å². The van der Waals surface area contributed by atoms with E-state index in [4.69, 9.17) is 14.6 Å². The number of esters is 1. The van der Waals surface area contributed by atoms with Crippen molar-refractivity contribution in [1.82, 2.24) is 14.6 Å². The smallest absolute Gasteiger partial charge is 0.356 e. The summed E-state index contributed by atoms with van der Waals surface area (Å²) in [5.41, 5.74) is 4.57. The molecule has 0 spiro atoms. The van der Waals surface area contributed by atoms with Crippen molar-refractivity contribution in [2.24, 2.45) is 0 Å². The van der Waals surface area contributed by atoms with Crippen LogP contribution in [0.25, 0.3) is 5.52 Å². The molecule has 6 nitrogen and oxygen atoms in total. The predicted octanol–water partition coefficient (Wildman–Crippen LogP) is 4.16. The Kier molecular flexibility index (Phi) is 5.28. The van der Waals surface area contributed by atoms with Crippen LogP contribution in [-0.4, -0.2) is 34.8 Å². The van der Waals surface area contributed by atoms with Gasteiger partial charge in [-0.05, 0) is 37.1 Å². The van der Waals surface area contributed by atoms with Gasteiger partial charge in [0, 0.05) is 23.6 Å². The van der Waals surface area contributed by atoms with E-state index in [9.17, 15) is 4.79 Å². The molecular formula is C22H25N3O3. The highest BCUT2D eigenvalue weighted by molar-refractivity contribution is 5.87. The maximum atomic E-state index is 11.9. The van der Waals surface area contributed by atoms with Gasteiger partial charge in [-0.15, -0.1) is 0 Å². The van der Waals surface area contributed by atoms with Gasteiger partial charge >= 0.3 is 5.97 Å². The molecule has 3 aromatic rings. The van der Waals surface area contributed by atoms with Crippen LogP contribution in [0.5, 0.6) is 5.75 Å². The third-order valence-electron chi connectivity index (χ3n) is 5.52. The van der Waals surface area contributed by atoms with Crippen molar-refractivity contribution < 1.29 is 14.3 Å². The lowest BCUT2D eigenvalue weighted by Gasteiger charge is -2.21. The van der Waals surface area contributed by atoms with Crippen LogP contribution in [0, 0.1) is 0 Å². The van der Waals surface area contributed by atoms with Crippen LogP contribution >= 0.6 is 0 Å². The molecule has 1 saturated carbocycles. The predicted molar refractivity (Wildman–Crippen MR) is 106 cm³/mol. The van der Waals surface area contributed by atoms with Gasteiger partial charge in [0.15, 0.2) is 0 Å². The van der Waals surface area contributed by atoms with Crippen LogP contribution in [0.3, 0.4) is 0 Å². The molecule has 146 valence electrons. The van der Waals surface area contributed by atoms with Gasteiger partial charge in [0.05, 0.1) is 31.6 Å². The Balaban J connectivity index is 1.76. The minimum absolute atomic E-state index is 0.331. The van der Waals surface area contributed by atoms with Crippen molar-refractivity contribution in [2.75, 3.05) is 14.2 Å². The third-order valence-corrected chi connectivity index (χ3v) is 5.52. The summed E-state index contributed by atoms with van der Waals surface area (Å²) in [5, 5.41) is 4.93. The number of hydrogen-bond acceptors (Lipinski definition) is 5. The molecule has 1 aliphatic carbocycles. The van der Waals surface area contributed by atoms with Gasteiger partial charge in [-0.2, -0.15) is 5.10 Å². The molecular weight excluding hydrogens is 354 g/mol. The van der Waals surface area contributed by atoms with Gasteiger partial charge in [0.25, 0.3) is 0 Å². The molecule has 0 amide bonds. The molecule has 0 N–H and O–H groups in total. The number of carbonyl (C=O) groups is 1. The van der Waals surface area contributed by atoms with E-state index >= 15 is 0 Å². The number of carbonyl (C=O) groups excluding carboxylic acids is 1. The lowest BCUT2D eigenvalue weighted by atomic mass is 9.84. The van der Waals surface area contributed by atoms with E-state index in [-0.39, 0.29) is 0 Å². The van der Waals surface area contributed by atoms with E-state index in [1.54, 1.807) is 13.2 Å². The summed E-state index contributed by atoms with van der Waals surface area (Å²) in [4.78, 5) is 16.4. The Labute approximate surface area is 164 Å². The fraction of sp³-hybridized carbons (Fsp3) is 0.409. The van der Waals surface area contributed by atoms with Gasteiger partial charge in [-0.1, -0.05) is 25.3 Å². The summed E-state index contributed by atoms with van der Waals surface area (Å²) < 4.78 is 12.1. The van der Waals surface area contributed by atoms with Crippen molar-refractivity contribution in [2.45, 2.75) is 44.4 Å². The number of fused-ring (bicyclic) bond motifs is 1. The molecule has 0 unspecified atom stereocenters. The Morgan fingerprint density at radius 1 is 1.14 bits per heavy atom. The highest BCUT2D eigenvalue weighted by Gasteiger charge is 2.24. The van der Waals surface area contributed by atoms with Crippen LogP contribution in [-0.2, 0) is 11.2 Å². The van der Waals surface area contributed by atoms with Crippen LogP contribution in [0.1, 0.15) is 65.5 Å². The van der Waals surface area contributed by atoms with E-state index in [0.29, 0.717) is 18.0 Å². The number of methoxy groups -OCH3 is 2. The highest BCUT2D eigenvalue weighted by Crippen LogP contribution is 2.36. The van der Waals surface area contributed by atoms with E-state index < -0.39 is 5.97 Å². The van der Waals surface area contributed by atoms with E-state index in [2.05, 4.69) is 11.1 Å². The van der Waals surface area contributed by atoms with Crippen molar-refractivity contribution in [1.29, 1.82) is 0 Å². The van der Waals surface area contributed by atoms with E-state index in [1.807, 2.05) is 28.9 Å². The molecule has 0 saturated heterocycles. The van der Waals surface area contributed by atoms with Crippen LogP contribution < -0.4 is 4.74 Å². The maximum Gasteiger partial charge on any atom is 0.356 e. The second-order valence-corrected chi connectivity index (χ2v) is 7.28. The van der Waals surface area contributed by atoms with Crippen molar-refractivity contribution in [3.8, 4) is 5.75 Å². The second kappa shape index (κ2) is 8.00. The fourth-order valence-electron chi connectivity index (χ4n) is 4.08. The standard InChI is InChI=1S/C22H25N3O3/c1-27-17-11-12-20-18(13-16-9-6-10-19(23-16)22(26)28-2)21(24-25(20)14-17)15-7-4-3-5-8-15/h6,9-12,14-15H,3-5,7-8,13H2,1-2H3. The van der Waals surface area contributed by atoms with Gasteiger partial charge in [0.2, 0.25) is 0 Å². The summed E-state index contributed by atoms with van der Waals surface area (Å²) in [5.74, 6) is 0.833. The lowest BCUT2D eigenvalue weighted by molar-refractivity contribution is 0.0593. The van der Waals surface area contributed by atoms with Crippen LogP contribution in [0.4, 0.5) is 0 Å². The first kappa shape index (κ1) is 18.5. The van der Waals surface area contributed by atoms with Gasteiger partial charge in [0.1, 0.15) is 11.4 Å². The minimum atomic E-state index is -0.418. The largest absolute Gasteiger partial charge is 0.495 e. The first-order valence-electron chi connectivity index (χ1n) is 9.79. The lowest BCUT2D eigenvalue weighted by Crippen LogP contribution is -2.09. The molecule has 0 aliphatic heterocycles. The Morgan fingerprint density at radius 2 is 1.96 bits per heavy atom. The van der Waals surface area contributed by atoms with E-state index in [1.165, 1.54) is 44.8 Å². The Hall–Kier alpha value is -2.89. The fourth-order valence-corrected chi connectivity index (χ4v) is 4.08. The van der Waals surface area contributed by atoms with Gasteiger partial charge in [-0.3, -0.25) is 0 Å². The molecule has 0 bridgehead atoms. The molecule has 1 fully saturated rings. The summed E-state index contributed by atoms with van der Waals surface area (Å²) in [6, 6.07) is 9.49. The molecule has 3 aromatic heterocycles. The van der Waals surface area contributed by atoms with Crippen molar-refractivity contribution in [3.05, 3.63) is 59.2 Å². The number of hydrogen-bond donors (Lipinski definition) is 0. The SMILES string of the molecule is COC(=O)c1cccc(Cc2c(C3CCCCC3)nn3cc(OC)ccc23)n1. The number of ether oxygens (including phenoxy) is 2. The molecule has 4 rings (SSSR count). The van der Waals surface area contributed by atoms with Crippen molar-refractivity contribution in [3.63, 3.8) is 0 Å². The molecule has 0 radical (unpaired) electrons.